The van der Waals surface area contributed by atoms with E-state index in [4.69, 9.17) is 0 Å². The summed E-state index contributed by atoms with van der Waals surface area (Å²) >= 11 is 0. The highest BCUT2D eigenvalue weighted by molar-refractivity contribution is 4.98. The molecule has 2 N–H and O–H groups in total. The van der Waals surface area contributed by atoms with Crippen LogP contribution >= 0.6 is 0 Å². The summed E-state index contributed by atoms with van der Waals surface area (Å²) in [6, 6.07) is 0. The summed E-state index contributed by atoms with van der Waals surface area (Å²) in [4.78, 5) is 0. The average molecular weight is 198 g/mol. The van der Waals surface area contributed by atoms with Crippen LogP contribution in [-0.2, 0) is 0 Å². The minimum absolute atomic E-state index is 0.157. The molecule has 2 nitrogen and oxygen atoms in total. The van der Waals surface area contributed by atoms with Crippen LogP contribution in [0.5, 0.6) is 0 Å². The van der Waals surface area contributed by atoms with Gasteiger partial charge in [0.2, 0.25) is 0 Å². The fourth-order valence-corrected chi connectivity index (χ4v) is 3.69. The van der Waals surface area contributed by atoms with Crippen molar-refractivity contribution in [3.63, 3.8) is 0 Å². The number of hydrogen-bond donors (Lipinski definition) is 2. The molecule has 3 atom stereocenters. The Bertz CT molecular complexity index is 212. The molecule has 0 spiro atoms. The van der Waals surface area contributed by atoms with Crippen LogP contribution in [0.3, 0.4) is 0 Å². The largest absolute Gasteiger partial charge is 0.368 e. The highest BCUT2D eigenvalue weighted by Crippen LogP contribution is 2.57. The van der Waals surface area contributed by atoms with Crippen molar-refractivity contribution in [2.45, 2.75) is 52.2 Å². The Kier molecular flexibility index (Phi) is 2.61. The van der Waals surface area contributed by atoms with Crippen molar-refractivity contribution in [1.29, 1.82) is 0 Å². The van der Waals surface area contributed by atoms with Gasteiger partial charge in [0, 0.05) is 5.92 Å². The fourth-order valence-electron chi connectivity index (χ4n) is 3.69. The summed E-state index contributed by atoms with van der Waals surface area (Å²) in [5, 5.41) is 18.6. The molecule has 0 aromatic carbocycles. The maximum Gasteiger partial charge on any atom is 0.154 e. The second-order valence-corrected chi connectivity index (χ2v) is 5.64. The zero-order valence-electron chi connectivity index (χ0n) is 9.24. The molecule has 2 heteroatoms. The molecular weight excluding hydrogens is 176 g/mol. The lowest BCUT2D eigenvalue weighted by molar-refractivity contribution is -0.114. The molecule has 2 aliphatic carbocycles. The van der Waals surface area contributed by atoms with Crippen molar-refractivity contribution < 1.29 is 10.2 Å². The van der Waals surface area contributed by atoms with Crippen molar-refractivity contribution in [3.8, 4) is 0 Å². The summed E-state index contributed by atoms with van der Waals surface area (Å²) < 4.78 is 0. The van der Waals surface area contributed by atoms with E-state index in [1.807, 2.05) is 0 Å². The number of hydrogen-bond acceptors (Lipinski definition) is 2. The van der Waals surface area contributed by atoms with Crippen LogP contribution in [-0.4, -0.2) is 16.5 Å². The second kappa shape index (κ2) is 3.49. The first-order chi connectivity index (χ1) is 6.55. The Hall–Kier alpha value is -0.0800. The maximum atomic E-state index is 9.28. The third kappa shape index (κ3) is 1.49. The van der Waals surface area contributed by atoms with Gasteiger partial charge in [0.25, 0.3) is 0 Å². The van der Waals surface area contributed by atoms with Gasteiger partial charge in [-0.2, -0.15) is 0 Å². The smallest absolute Gasteiger partial charge is 0.154 e. The van der Waals surface area contributed by atoms with Crippen LogP contribution in [0.4, 0.5) is 0 Å². The van der Waals surface area contributed by atoms with Crippen molar-refractivity contribution in [2.24, 2.45) is 23.2 Å². The summed E-state index contributed by atoms with van der Waals surface area (Å²) in [7, 11) is 0. The molecule has 0 aromatic heterocycles. The molecular formula is C12H22O2. The second-order valence-electron chi connectivity index (χ2n) is 5.64. The fraction of sp³-hybridized carbons (Fsp3) is 1.00. The van der Waals surface area contributed by atoms with Gasteiger partial charge in [-0.25, -0.2) is 0 Å². The van der Waals surface area contributed by atoms with Crippen LogP contribution in [0.25, 0.3) is 0 Å². The molecule has 2 rings (SSSR count). The molecule has 0 aromatic rings. The van der Waals surface area contributed by atoms with Gasteiger partial charge in [0.1, 0.15) is 0 Å². The van der Waals surface area contributed by atoms with Gasteiger partial charge in [-0.3, -0.25) is 0 Å². The molecule has 2 saturated carbocycles. The normalized spacial score (nSPS) is 42.4. The SMILES string of the molecule is CC(C)C12CCC(C1)C(C(O)O)CC2. The molecule has 0 heterocycles. The Morgan fingerprint density at radius 2 is 1.79 bits per heavy atom. The molecule has 0 saturated heterocycles. The monoisotopic (exact) mass is 198 g/mol. The molecule has 2 bridgehead atoms. The van der Waals surface area contributed by atoms with Gasteiger partial charge in [-0.15, -0.1) is 0 Å². The molecule has 2 aliphatic rings. The Morgan fingerprint density at radius 3 is 2.36 bits per heavy atom. The van der Waals surface area contributed by atoms with Crippen LogP contribution < -0.4 is 0 Å². The number of fused-ring (bicyclic) bond motifs is 2. The molecule has 2 fully saturated rings. The highest BCUT2D eigenvalue weighted by Gasteiger charge is 2.48. The lowest BCUT2D eigenvalue weighted by Crippen LogP contribution is -2.35. The predicted molar refractivity (Wildman–Crippen MR) is 55.6 cm³/mol. The van der Waals surface area contributed by atoms with E-state index in [1.54, 1.807) is 0 Å². The van der Waals surface area contributed by atoms with E-state index in [2.05, 4.69) is 13.8 Å². The Morgan fingerprint density at radius 1 is 1.14 bits per heavy atom. The van der Waals surface area contributed by atoms with E-state index < -0.39 is 6.29 Å². The van der Waals surface area contributed by atoms with Crippen molar-refractivity contribution in [2.75, 3.05) is 0 Å². The van der Waals surface area contributed by atoms with Gasteiger partial charge >= 0.3 is 0 Å². The lowest BCUT2D eigenvalue weighted by Gasteiger charge is -2.40. The van der Waals surface area contributed by atoms with Gasteiger partial charge in [-0.1, -0.05) is 13.8 Å². The Labute approximate surface area is 86.3 Å². The number of aliphatic hydroxyl groups excluding tert-OH is 1. The van der Waals surface area contributed by atoms with E-state index in [1.165, 1.54) is 25.7 Å². The summed E-state index contributed by atoms with van der Waals surface area (Å²) in [6.45, 7) is 4.64. The third-order valence-corrected chi connectivity index (χ3v) is 4.87. The maximum absolute atomic E-state index is 9.28. The molecule has 0 radical (unpaired) electrons. The van der Waals surface area contributed by atoms with E-state index in [9.17, 15) is 10.2 Å². The van der Waals surface area contributed by atoms with Gasteiger partial charge < -0.3 is 10.2 Å². The van der Waals surface area contributed by atoms with Crippen LogP contribution in [0.1, 0.15) is 46.0 Å². The number of rotatable bonds is 2. The highest BCUT2D eigenvalue weighted by atomic mass is 16.5. The first kappa shape index (κ1) is 10.4. The molecule has 0 aliphatic heterocycles. The van der Waals surface area contributed by atoms with Crippen molar-refractivity contribution >= 4 is 0 Å². The molecule has 82 valence electrons. The molecule has 3 unspecified atom stereocenters. The first-order valence-corrected chi connectivity index (χ1v) is 5.91. The van der Waals surface area contributed by atoms with Crippen molar-refractivity contribution in [3.05, 3.63) is 0 Å². The van der Waals surface area contributed by atoms with E-state index >= 15 is 0 Å². The van der Waals surface area contributed by atoms with Gasteiger partial charge in [-0.05, 0) is 49.4 Å². The van der Waals surface area contributed by atoms with Crippen LogP contribution in [0.2, 0.25) is 0 Å². The zero-order valence-corrected chi connectivity index (χ0v) is 9.24. The van der Waals surface area contributed by atoms with Gasteiger partial charge in [0.05, 0.1) is 0 Å². The Balaban J connectivity index is 2.09. The van der Waals surface area contributed by atoms with E-state index in [0.717, 1.165) is 12.3 Å². The average Bonchev–Trinajstić information content (AvgIpc) is 2.45. The van der Waals surface area contributed by atoms with E-state index in [-0.39, 0.29) is 5.92 Å². The van der Waals surface area contributed by atoms with Crippen LogP contribution in [0, 0.1) is 23.2 Å². The lowest BCUT2D eigenvalue weighted by atomic mass is 9.66. The van der Waals surface area contributed by atoms with E-state index in [0.29, 0.717) is 11.3 Å². The molecule has 14 heavy (non-hydrogen) atoms. The predicted octanol–water partition coefficient (Wildman–Crippen LogP) is 2.15. The number of aliphatic hydroxyl groups is 2. The summed E-state index contributed by atoms with van der Waals surface area (Å²) in [5.74, 6) is 1.49. The standard InChI is InChI=1S/C12H22O2/c1-8(2)12-5-3-9(7-12)10(4-6-12)11(13)14/h8-11,13-14H,3-7H2,1-2H3. The topological polar surface area (TPSA) is 40.5 Å². The zero-order chi connectivity index (χ0) is 10.3. The first-order valence-electron chi connectivity index (χ1n) is 5.91. The minimum atomic E-state index is -1.08. The van der Waals surface area contributed by atoms with Crippen molar-refractivity contribution in [1.82, 2.24) is 0 Å². The van der Waals surface area contributed by atoms with Crippen LogP contribution in [0.15, 0.2) is 0 Å². The minimum Gasteiger partial charge on any atom is -0.368 e. The summed E-state index contributed by atoms with van der Waals surface area (Å²) in [6.07, 6.45) is 4.87. The van der Waals surface area contributed by atoms with Gasteiger partial charge in [0.15, 0.2) is 6.29 Å². The third-order valence-electron chi connectivity index (χ3n) is 4.87. The summed E-state index contributed by atoms with van der Waals surface area (Å²) in [5.41, 5.74) is 0.538. The quantitative estimate of drug-likeness (QED) is 0.667. The molecule has 0 amide bonds.